The molecular formula is C16H22O4. The lowest BCUT2D eigenvalue weighted by Gasteiger charge is -2.27. The van der Waals surface area contributed by atoms with Crippen molar-refractivity contribution in [2.24, 2.45) is 5.41 Å². The van der Waals surface area contributed by atoms with Gasteiger partial charge in [-0.2, -0.15) is 0 Å². The third-order valence-corrected chi connectivity index (χ3v) is 3.12. The molecule has 0 saturated carbocycles. The van der Waals surface area contributed by atoms with Crippen LogP contribution in [0.5, 0.6) is 0 Å². The van der Waals surface area contributed by atoms with Gasteiger partial charge in [-0.25, -0.2) is 0 Å². The fourth-order valence-corrected chi connectivity index (χ4v) is 1.80. The van der Waals surface area contributed by atoms with Gasteiger partial charge in [0.2, 0.25) is 0 Å². The molecule has 0 rings (SSSR count). The standard InChI is InChI=1S/C16H22O4/c1-6-8-9-11-16(14(17)19-4,15(18)20-5)12-10-13(3)7-2/h6,8-9H,1-2,10-12H2,3-5H3/b9-8+. The minimum absolute atomic E-state index is 0.197. The van der Waals surface area contributed by atoms with Crippen molar-refractivity contribution in [3.05, 3.63) is 42.7 Å². The van der Waals surface area contributed by atoms with Crippen LogP contribution in [0.25, 0.3) is 0 Å². The van der Waals surface area contributed by atoms with E-state index in [9.17, 15) is 9.59 Å². The summed E-state index contributed by atoms with van der Waals surface area (Å²) in [5.74, 6) is -1.20. The van der Waals surface area contributed by atoms with Crippen LogP contribution in [0.1, 0.15) is 26.2 Å². The Hall–Kier alpha value is -2.06. The van der Waals surface area contributed by atoms with Crippen LogP contribution in [0, 0.1) is 5.41 Å². The van der Waals surface area contributed by atoms with Crippen LogP contribution in [0.15, 0.2) is 42.7 Å². The number of ether oxygens (including phenoxy) is 2. The zero-order chi connectivity index (χ0) is 15.6. The van der Waals surface area contributed by atoms with Gasteiger partial charge in [-0.3, -0.25) is 9.59 Å². The highest BCUT2D eigenvalue weighted by atomic mass is 16.5. The summed E-state index contributed by atoms with van der Waals surface area (Å²) < 4.78 is 9.58. The van der Waals surface area contributed by atoms with Crippen molar-refractivity contribution >= 4 is 11.9 Å². The number of carbonyl (C=O) groups is 2. The van der Waals surface area contributed by atoms with E-state index in [1.807, 2.05) is 6.92 Å². The highest BCUT2D eigenvalue weighted by Gasteiger charge is 2.46. The third kappa shape index (κ3) is 4.56. The van der Waals surface area contributed by atoms with Gasteiger partial charge in [-0.1, -0.05) is 31.4 Å². The molecule has 20 heavy (non-hydrogen) atoms. The molecule has 4 heteroatoms. The van der Waals surface area contributed by atoms with Gasteiger partial charge >= 0.3 is 11.9 Å². The third-order valence-electron chi connectivity index (χ3n) is 3.12. The predicted octanol–water partition coefficient (Wildman–Crippen LogP) is 2.96. The van der Waals surface area contributed by atoms with Crippen molar-refractivity contribution in [1.29, 1.82) is 0 Å². The van der Waals surface area contributed by atoms with E-state index in [0.717, 1.165) is 5.57 Å². The molecule has 0 aliphatic heterocycles. The highest BCUT2D eigenvalue weighted by molar-refractivity contribution is 6.00. The van der Waals surface area contributed by atoms with Gasteiger partial charge < -0.3 is 9.47 Å². The summed E-state index contributed by atoms with van der Waals surface area (Å²) >= 11 is 0. The van der Waals surface area contributed by atoms with Crippen molar-refractivity contribution in [2.75, 3.05) is 14.2 Å². The average Bonchev–Trinajstić information content (AvgIpc) is 2.48. The first-order chi connectivity index (χ1) is 9.48. The molecule has 0 spiro atoms. The van der Waals surface area contributed by atoms with Crippen LogP contribution in [0.4, 0.5) is 0 Å². The first-order valence-electron chi connectivity index (χ1n) is 6.28. The zero-order valence-electron chi connectivity index (χ0n) is 12.4. The highest BCUT2D eigenvalue weighted by Crippen LogP contribution is 2.33. The van der Waals surface area contributed by atoms with Crippen molar-refractivity contribution in [2.45, 2.75) is 26.2 Å². The molecule has 0 heterocycles. The predicted molar refractivity (Wildman–Crippen MR) is 78.0 cm³/mol. The molecule has 0 aliphatic rings. The smallest absolute Gasteiger partial charge is 0.323 e. The minimum Gasteiger partial charge on any atom is -0.468 e. The maximum Gasteiger partial charge on any atom is 0.323 e. The maximum atomic E-state index is 12.1. The topological polar surface area (TPSA) is 52.6 Å². The molecule has 0 amide bonds. The Kier molecular flexibility index (Phi) is 8.02. The molecule has 0 unspecified atom stereocenters. The largest absolute Gasteiger partial charge is 0.468 e. The molecule has 0 aromatic heterocycles. The van der Waals surface area contributed by atoms with E-state index in [4.69, 9.17) is 9.47 Å². The van der Waals surface area contributed by atoms with E-state index in [1.165, 1.54) is 14.2 Å². The normalized spacial score (nSPS) is 10.8. The fourth-order valence-electron chi connectivity index (χ4n) is 1.80. The van der Waals surface area contributed by atoms with E-state index in [1.54, 1.807) is 18.2 Å². The van der Waals surface area contributed by atoms with Crippen LogP contribution in [0.3, 0.4) is 0 Å². The molecule has 0 aromatic rings. The van der Waals surface area contributed by atoms with Crippen LogP contribution >= 0.6 is 0 Å². The summed E-state index contributed by atoms with van der Waals surface area (Å²) in [6.07, 6.45) is 5.94. The molecule has 4 nitrogen and oxygen atoms in total. The van der Waals surface area contributed by atoms with E-state index in [0.29, 0.717) is 6.42 Å². The van der Waals surface area contributed by atoms with Crippen molar-refractivity contribution in [3.8, 4) is 0 Å². The first kappa shape index (κ1) is 17.9. The molecule has 0 aromatic carbocycles. The molecule has 0 N–H and O–H groups in total. The molecule has 0 saturated heterocycles. The molecule has 0 fully saturated rings. The Balaban J connectivity index is 5.46. The van der Waals surface area contributed by atoms with Crippen molar-refractivity contribution < 1.29 is 19.1 Å². The molecule has 0 bridgehead atoms. The van der Waals surface area contributed by atoms with Crippen LogP contribution in [-0.2, 0) is 19.1 Å². The van der Waals surface area contributed by atoms with Gasteiger partial charge in [0, 0.05) is 0 Å². The lowest BCUT2D eigenvalue weighted by Crippen LogP contribution is -2.41. The van der Waals surface area contributed by atoms with Gasteiger partial charge in [-0.05, 0) is 31.8 Å². The van der Waals surface area contributed by atoms with Gasteiger partial charge in [0.25, 0.3) is 0 Å². The quantitative estimate of drug-likeness (QED) is 0.296. The van der Waals surface area contributed by atoms with Crippen LogP contribution < -0.4 is 0 Å². The minimum atomic E-state index is -1.35. The lowest BCUT2D eigenvalue weighted by atomic mass is 9.79. The number of rotatable bonds is 8. The van der Waals surface area contributed by atoms with Gasteiger partial charge in [0.15, 0.2) is 5.41 Å². The second-order valence-electron chi connectivity index (χ2n) is 4.39. The van der Waals surface area contributed by atoms with E-state index in [-0.39, 0.29) is 12.8 Å². The number of allylic oxidation sites excluding steroid dienone is 4. The number of hydrogen-bond donors (Lipinski definition) is 0. The molecule has 0 radical (unpaired) electrons. The summed E-state index contributed by atoms with van der Waals surface area (Å²) in [4.78, 5) is 24.2. The Bertz CT molecular complexity index is 423. The Morgan fingerprint density at radius 3 is 2.20 bits per heavy atom. The summed E-state index contributed by atoms with van der Waals surface area (Å²) in [5, 5.41) is 0. The van der Waals surface area contributed by atoms with Gasteiger partial charge in [0.05, 0.1) is 14.2 Å². The Morgan fingerprint density at radius 2 is 1.80 bits per heavy atom. The van der Waals surface area contributed by atoms with Crippen molar-refractivity contribution in [3.63, 3.8) is 0 Å². The Morgan fingerprint density at radius 1 is 1.25 bits per heavy atom. The van der Waals surface area contributed by atoms with Crippen molar-refractivity contribution in [1.82, 2.24) is 0 Å². The maximum absolute atomic E-state index is 12.1. The van der Waals surface area contributed by atoms with E-state index >= 15 is 0 Å². The zero-order valence-corrected chi connectivity index (χ0v) is 12.4. The molecule has 0 aliphatic carbocycles. The van der Waals surface area contributed by atoms with Gasteiger partial charge in [-0.15, -0.1) is 5.73 Å². The molecule has 110 valence electrons. The Labute approximate surface area is 120 Å². The number of hydrogen-bond acceptors (Lipinski definition) is 4. The lowest BCUT2D eigenvalue weighted by molar-refractivity contribution is -0.169. The summed E-state index contributed by atoms with van der Waals surface area (Å²) in [6, 6.07) is 0. The monoisotopic (exact) mass is 278 g/mol. The molecule has 0 atom stereocenters. The van der Waals surface area contributed by atoms with Gasteiger partial charge in [0.1, 0.15) is 0 Å². The first-order valence-corrected chi connectivity index (χ1v) is 6.28. The summed E-state index contributed by atoms with van der Waals surface area (Å²) in [7, 11) is 2.51. The van der Waals surface area contributed by atoms with Crippen LogP contribution in [-0.4, -0.2) is 26.2 Å². The van der Waals surface area contributed by atoms with E-state index in [2.05, 4.69) is 18.9 Å². The summed E-state index contributed by atoms with van der Waals surface area (Å²) in [5.41, 5.74) is 2.27. The number of methoxy groups -OCH3 is 2. The SMILES string of the molecule is C=C=C(C)CCC(C/C=C/C=C)(C(=O)OC)C(=O)OC. The van der Waals surface area contributed by atoms with E-state index < -0.39 is 17.4 Å². The summed E-state index contributed by atoms with van der Waals surface area (Å²) in [6.45, 7) is 8.94. The number of esters is 2. The second kappa shape index (κ2) is 8.94. The second-order valence-corrected chi connectivity index (χ2v) is 4.39. The molecular weight excluding hydrogens is 256 g/mol. The average molecular weight is 278 g/mol. The van der Waals surface area contributed by atoms with Crippen LogP contribution in [0.2, 0.25) is 0 Å². The fraction of sp³-hybridized carbons (Fsp3) is 0.438. The number of carbonyl (C=O) groups excluding carboxylic acids is 2.